The van der Waals surface area contributed by atoms with Crippen LogP contribution in [0.5, 0.6) is 0 Å². The molecular formula is C21H21N3O2S2. The summed E-state index contributed by atoms with van der Waals surface area (Å²) >= 11 is 2.96. The predicted octanol–water partition coefficient (Wildman–Crippen LogP) is 5.25. The van der Waals surface area contributed by atoms with Gasteiger partial charge in [0.25, 0.3) is 5.91 Å². The van der Waals surface area contributed by atoms with Gasteiger partial charge in [-0.3, -0.25) is 14.9 Å². The van der Waals surface area contributed by atoms with E-state index < -0.39 is 0 Å². The smallest absolute Gasteiger partial charge is 0.257 e. The first-order chi connectivity index (χ1) is 13.5. The van der Waals surface area contributed by atoms with Gasteiger partial charge in [-0.2, -0.15) is 0 Å². The number of hydrogen-bond donors (Lipinski definition) is 2. The van der Waals surface area contributed by atoms with Crippen LogP contribution in [0.15, 0.2) is 65.7 Å². The second-order valence-corrected chi connectivity index (χ2v) is 8.51. The van der Waals surface area contributed by atoms with Crippen molar-refractivity contribution in [2.45, 2.75) is 24.7 Å². The Morgan fingerprint density at radius 1 is 1.04 bits per heavy atom. The quantitative estimate of drug-likeness (QED) is 0.521. The predicted molar refractivity (Wildman–Crippen MR) is 116 cm³/mol. The minimum atomic E-state index is -0.220. The van der Waals surface area contributed by atoms with Crippen LogP contribution in [0.25, 0.3) is 0 Å². The summed E-state index contributed by atoms with van der Waals surface area (Å²) in [5.74, 6) is 0.400. The summed E-state index contributed by atoms with van der Waals surface area (Å²) in [5, 5.41) is 6.24. The van der Waals surface area contributed by atoms with E-state index in [-0.39, 0.29) is 11.8 Å². The maximum absolute atomic E-state index is 12.4. The highest BCUT2D eigenvalue weighted by molar-refractivity contribution is 8.00. The van der Waals surface area contributed by atoms with Crippen LogP contribution >= 0.6 is 23.1 Å². The molecule has 0 saturated carbocycles. The number of benzene rings is 2. The van der Waals surface area contributed by atoms with Crippen molar-refractivity contribution in [3.8, 4) is 0 Å². The number of thioether (sulfide) groups is 1. The Bertz CT molecular complexity index is 938. The summed E-state index contributed by atoms with van der Waals surface area (Å²) in [4.78, 5) is 30.8. The minimum Gasteiger partial charge on any atom is -0.325 e. The molecule has 2 aromatic carbocycles. The Labute approximate surface area is 172 Å². The van der Waals surface area contributed by atoms with Crippen LogP contribution in [0.2, 0.25) is 0 Å². The number of amides is 2. The molecule has 0 spiro atoms. The van der Waals surface area contributed by atoms with E-state index in [1.54, 1.807) is 30.5 Å². The third-order valence-electron chi connectivity index (χ3n) is 3.86. The zero-order valence-corrected chi connectivity index (χ0v) is 17.3. The van der Waals surface area contributed by atoms with Gasteiger partial charge in [0.05, 0.1) is 5.75 Å². The monoisotopic (exact) mass is 411 g/mol. The molecule has 0 atom stereocenters. The molecule has 0 aliphatic heterocycles. The zero-order valence-electron chi connectivity index (χ0n) is 15.6. The number of hydrogen-bond acceptors (Lipinski definition) is 5. The molecule has 1 aromatic heterocycles. The van der Waals surface area contributed by atoms with E-state index in [4.69, 9.17) is 0 Å². The summed E-state index contributed by atoms with van der Waals surface area (Å²) in [5.41, 5.74) is 1.17. The average Bonchev–Trinajstić information content (AvgIpc) is 3.16. The van der Waals surface area contributed by atoms with E-state index in [1.807, 2.05) is 30.3 Å². The average molecular weight is 412 g/mol. The number of thiazole rings is 1. The van der Waals surface area contributed by atoms with Gasteiger partial charge in [-0.1, -0.05) is 32.0 Å². The molecule has 3 rings (SSSR count). The van der Waals surface area contributed by atoms with Gasteiger partial charge >= 0.3 is 0 Å². The van der Waals surface area contributed by atoms with Crippen LogP contribution in [0, 0.1) is 0 Å². The van der Waals surface area contributed by atoms with Crippen LogP contribution in [-0.2, 0) is 4.79 Å². The van der Waals surface area contributed by atoms with E-state index in [9.17, 15) is 9.59 Å². The molecule has 0 unspecified atom stereocenters. The summed E-state index contributed by atoms with van der Waals surface area (Å²) in [6, 6.07) is 16.6. The second kappa shape index (κ2) is 9.52. The molecule has 2 N–H and O–H groups in total. The number of anilines is 2. The number of carbonyl (C=O) groups is 2. The highest BCUT2D eigenvalue weighted by Gasteiger charge is 2.11. The lowest BCUT2D eigenvalue weighted by Crippen LogP contribution is -2.15. The molecule has 144 valence electrons. The normalized spacial score (nSPS) is 10.7. The van der Waals surface area contributed by atoms with Crippen molar-refractivity contribution in [2.75, 3.05) is 16.4 Å². The molecule has 1 heterocycles. The van der Waals surface area contributed by atoms with Gasteiger partial charge in [-0.05, 0) is 42.3 Å². The maximum atomic E-state index is 12.4. The number of nitrogens with zero attached hydrogens (tertiary/aromatic N) is 1. The first kappa shape index (κ1) is 20.1. The van der Waals surface area contributed by atoms with Gasteiger partial charge in [-0.15, -0.1) is 23.1 Å². The molecule has 0 aliphatic rings. The van der Waals surface area contributed by atoms with Crippen LogP contribution in [-0.4, -0.2) is 22.6 Å². The number of rotatable bonds is 7. The molecule has 0 aliphatic carbocycles. The Kier molecular flexibility index (Phi) is 6.84. The highest BCUT2D eigenvalue weighted by atomic mass is 32.2. The molecule has 7 heteroatoms. The fraction of sp³-hybridized carbons (Fsp3) is 0.190. The van der Waals surface area contributed by atoms with Crippen molar-refractivity contribution in [1.29, 1.82) is 0 Å². The SMILES string of the molecule is CC(C)c1cnc(NC(=O)c2ccc(NC(=O)CSc3ccccc3)cc2)s1. The lowest BCUT2D eigenvalue weighted by molar-refractivity contribution is -0.113. The van der Waals surface area contributed by atoms with Crippen LogP contribution in [0.3, 0.4) is 0 Å². The van der Waals surface area contributed by atoms with E-state index >= 15 is 0 Å². The van der Waals surface area contributed by atoms with Crippen LogP contribution in [0.4, 0.5) is 10.8 Å². The van der Waals surface area contributed by atoms with E-state index in [2.05, 4.69) is 29.5 Å². The van der Waals surface area contributed by atoms with E-state index in [0.717, 1.165) is 9.77 Å². The van der Waals surface area contributed by atoms with Crippen molar-refractivity contribution < 1.29 is 9.59 Å². The Balaban J connectivity index is 1.52. The van der Waals surface area contributed by atoms with Gasteiger partial charge in [-0.25, -0.2) is 4.98 Å². The van der Waals surface area contributed by atoms with Gasteiger partial charge < -0.3 is 5.32 Å². The highest BCUT2D eigenvalue weighted by Crippen LogP contribution is 2.25. The van der Waals surface area contributed by atoms with Crippen molar-refractivity contribution in [3.05, 3.63) is 71.2 Å². The standard InChI is InChI=1S/C21H21N3O2S2/c1-14(2)18-12-22-21(28-18)24-20(26)15-8-10-16(11-9-15)23-19(25)13-27-17-6-4-3-5-7-17/h3-12,14H,13H2,1-2H3,(H,23,25)(H,22,24,26). The van der Waals surface area contributed by atoms with Crippen molar-refractivity contribution in [1.82, 2.24) is 4.98 Å². The largest absolute Gasteiger partial charge is 0.325 e. The number of carbonyl (C=O) groups excluding carboxylic acids is 2. The first-order valence-corrected chi connectivity index (χ1v) is 10.7. The zero-order chi connectivity index (χ0) is 19.9. The second-order valence-electron chi connectivity index (χ2n) is 6.40. The lowest BCUT2D eigenvalue weighted by Gasteiger charge is -2.07. The van der Waals surface area contributed by atoms with Crippen molar-refractivity contribution in [2.24, 2.45) is 0 Å². The van der Waals surface area contributed by atoms with Gasteiger partial charge in [0.15, 0.2) is 5.13 Å². The van der Waals surface area contributed by atoms with Gasteiger partial charge in [0.2, 0.25) is 5.91 Å². The molecule has 5 nitrogen and oxygen atoms in total. The fourth-order valence-electron chi connectivity index (χ4n) is 2.35. The van der Waals surface area contributed by atoms with Crippen LogP contribution in [0.1, 0.15) is 35.0 Å². The van der Waals surface area contributed by atoms with Crippen LogP contribution < -0.4 is 10.6 Å². The topological polar surface area (TPSA) is 71.1 Å². The molecule has 3 aromatic rings. The third kappa shape index (κ3) is 5.68. The molecule has 0 fully saturated rings. The van der Waals surface area contributed by atoms with E-state index in [0.29, 0.717) is 28.1 Å². The molecular weight excluding hydrogens is 390 g/mol. The number of nitrogens with one attached hydrogen (secondary N) is 2. The lowest BCUT2D eigenvalue weighted by atomic mass is 10.2. The Hall–Kier alpha value is -2.64. The molecule has 28 heavy (non-hydrogen) atoms. The third-order valence-corrected chi connectivity index (χ3v) is 6.08. The fourth-order valence-corrected chi connectivity index (χ4v) is 3.88. The molecule has 0 radical (unpaired) electrons. The van der Waals surface area contributed by atoms with Crippen molar-refractivity contribution >= 4 is 45.7 Å². The molecule has 2 amide bonds. The molecule has 0 bridgehead atoms. The van der Waals surface area contributed by atoms with E-state index in [1.165, 1.54) is 23.1 Å². The summed E-state index contributed by atoms with van der Waals surface area (Å²) in [6.07, 6.45) is 1.79. The van der Waals surface area contributed by atoms with Crippen molar-refractivity contribution in [3.63, 3.8) is 0 Å². The van der Waals surface area contributed by atoms with Gasteiger partial charge in [0, 0.05) is 27.2 Å². The summed E-state index contributed by atoms with van der Waals surface area (Å²) in [7, 11) is 0. The molecule has 0 saturated heterocycles. The summed E-state index contributed by atoms with van der Waals surface area (Å²) < 4.78 is 0. The Morgan fingerprint density at radius 2 is 1.75 bits per heavy atom. The minimum absolute atomic E-state index is 0.0879. The summed E-state index contributed by atoms with van der Waals surface area (Å²) in [6.45, 7) is 4.18. The number of aromatic nitrogens is 1. The first-order valence-electron chi connectivity index (χ1n) is 8.86. The maximum Gasteiger partial charge on any atom is 0.257 e. The van der Waals surface area contributed by atoms with Gasteiger partial charge in [0.1, 0.15) is 0 Å². The Morgan fingerprint density at radius 3 is 2.39 bits per heavy atom.